The van der Waals surface area contributed by atoms with Crippen molar-refractivity contribution in [1.29, 1.82) is 0 Å². The Kier molecular flexibility index (Phi) is 7.02. The summed E-state index contributed by atoms with van der Waals surface area (Å²) >= 11 is 0. The number of aromatic amines is 1. The fraction of sp³-hybridized carbons (Fsp3) is 0.286. The van der Waals surface area contributed by atoms with E-state index in [-0.39, 0.29) is 0 Å². The molecule has 20 heavy (non-hydrogen) atoms. The molecule has 1 atom stereocenters. The number of carbonyl (C=O) groups is 1. The summed E-state index contributed by atoms with van der Waals surface area (Å²) < 4.78 is 0. The number of imidazole rings is 1. The van der Waals surface area contributed by atoms with Crippen LogP contribution in [0.15, 0.2) is 42.9 Å². The summed E-state index contributed by atoms with van der Waals surface area (Å²) in [6.07, 6.45) is 4.72. The van der Waals surface area contributed by atoms with E-state index in [1.54, 1.807) is 12.5 Å². The molecule has 0 saturated heterocycles. The van der Waals surface area contributed by atoms with Gasteiger partial charge in [-0.2, -0.15) is 0 Å². The third-order valence-electron chi connectivity index (χ3n) is 2.58. The van der Waals surface area contributed by atoms with Gasteiger partial charge in [-0.25, -0.2) is 4.98 Å². The number of nitrogens with two attached hydrogens (primary N) is 2. The molecule has 0 aliphatic rings. The van der Waals surface area contributed by atoms with Crippen molar-refractivity contribution in [3.63, 3.8) is 0 Å². The van der Waals surface area contributed by atoms with E-state index in [9.17, 15) is 4.79 Å². The van der Waals surface area contributed by atoms with Gasteiger partial charge in [0.25, 0.3) is 0 Å². The van der Waals surface area contributed by atoms with Crippen LogP contribution in [0.1, 0.15) is 11.3 Å². The third kappa shape index (κ3) is 6.12. The molecular weight excluding hydrogens is 256 g/mol. The molecule has 0 aliphatic heterocycles. The summed E-state index contributed by atoms with van der Waals surface area (Å²) in [7, 11) is 0. The number of hydrogen-bond donors (Lipinski definition) is 4. The van der Waals surface area contributed by atoms with E-state index in [1.165, 1.54) is 0 Å². The van der Waals surface area contributed by atoms with Crippen LogP contribution in [0.25, 0.3) is 0 Å². The molecule has 0 spiro atoms. The number of nitrogens with zero attached hydrogens (tertiary/aromatic N) is 1. The van der Waals surface area contributed by atoms with E-state index in [1.807, 2.05) is 30.3 Å². The van der Waals surface area contributed by atoms with Crippen molar-refractivity contribution in [3.8, 4) is 0 Å². The van der Waals surface area contributed by atoms with Crippen LogP contribution in [-0.2, 0) is 17.6 Å². The molecule has 2 aromatic rings. The second kappa shape index (κ2) is 8.84. The van der Waals surface area contributed by atoms with Gasteiger partial charge in [-0.15, -0.1) is 0 Å². The van der Waals surface area contributed by atoms with Gasteiger partial charge in [-0.1, -0.05) is 30.3 Å². The third-order valence-corrected chi connectivity index (χ3v) is 2.58. The lowest BCUT2D eigenvalue weighted by Crippen LogP contribution is -2.32. The summed E-state index contributed by atoms with van der Waals surface area (Å²) in [6, 6.07) is 8.54. The summed E-state index contributed by atoms with van der Waals surface area (Å²) in [5.74, 6) is -0.959. The van der Waals surface area contributed by atoms with Crippen LogP contribution in [0, 0.1) is 0 Å². The number of aliphatic carboxylic acids is 1. The normalized spacial score (nSPS) is 11.3. The molecule has 0 amide bonds. The van der Waals surface area contributed by atoms with Crippen molar-refractivity contribution in [2.75, 3.05) is 6.54 Å². The first-order chi connectivity index (χ1) is 9.63. The van der Waals surface area contributed by atoms with Crippen molar-refractivity contribution in [3.05, 3.63) is 54.1 Å². The number of carboxylic acids is 1. The van der Waals surface area contributed by atoms with Gasteiger partial charge >= 0.3 is 5.97 Å². The van der Waals surface area contributed by atoms with Crippen molar-refractivity contribution in [2.45, 2.75) is 18.9 Å². The van der Waals surface area contributed by atoms with Gasteiger partial charge in [-0.05, 0) is 18.5 Å². The van der Waals surface area contributed by atoms with Crippen LogP contribution in [0.2, 0.25) is 0 Å². The zero-order chi connectivity index (χ0) is 14.8. The Bertz CT molecular complexity index is 485. The summed E-state index contributed by atoms with van der Waals surface area (Å²) in [5, 5.41) is 8.52. The van der Waals surface area contributed by atoms with Crippen LogP contribution in [0.5, 0.6) is 0 Å². The minimum absolute atomic E-state index is 0.385. The highest BCUT2D eigenvalue weighted by atomic mass is 16.4. The summed E-state index contributed by atoms with van der Waals surface area (Å²) in [4.78, 5) is 17.2. The molecule has 1 aromatic carbocycles. The molecular formula is C14H20N4O2. The Balaban J connectivity index is 0.000000217. The van der Waals surface area contributed by atoms with Gasteiger partial charge < -0.3 is 21.6 Å². The average molecular weight is 276 g/mol. The SMILES string of the molecule is NCCc1cnc[nH]1.N[C@@H](Cc1ccccc1)C(=O)O. The number of carboxylic acid groups (broad SMARTS) is 1. The highest BCUT2D eigenvalue weighted by Crippen LogP contribution is 2.01. The van der Waals surface area contributed by atoms with E-state index >= 15 is 0 Å². The number of H-pyrrole nitrogens is 1. The molecule has 2 rings (SSSR count). The first-order valence-corrected chi connectivity index (χ1v) is 6.33. The Morgan fingerprint density at radius 3 is 2.55 bits per heavy atom. The number of rotatable bonds is 5. The van der Waals surface area contributed by atoms with Gasteiger partial charge in [0.1, 0.15) is 6.04 Å². The Labute approximate surface area is 117 Å². The van der Waals surface area contributed by atoms with Gasteiger partial charge in [0.2, 0.25) is 0 Å². The van der Waals surface area contributed by atoms with Gasteiger partial charge in [0.05, 0.1) is 6.33 Å². The molecule has 6 nitrogen and oxygen atoms in total. The fourth-order valence-corrected chi connectivity index (χ4v) is 1.53. The molecule has 0 unspecified atom stereocenters. The van der Waals surface area contributed by atoms with Crippen molar-refractivity contribution >= 4 is 5.97 Å². The van der Waals surface area contributed by atoms with E-state index in [2.05, 4.69) is 9.97 Å². The highest BCUT2D eigenvalue weighted by molar-refractivity contribution is 5.73. The van der Waals surface area contributed by atoms with Crippen LogP contribution < -0.4 is 11.5 Å². The highest BCUT2D eigenvalue weighted by Gasteiger charge is 2.10. The summed E-state index contributed by atoms with van der Waals surface area (Å²) in [6.45, 7) is 0.683. The predicted octanol–water partition coefficient (Wildman–Crippen LogP) is 0.552. The lowest BCUT2D eigenvalue weighted by Gasteiger charge is -2.04. The van der Waals surface area contributed by atoms with Crippen molar-refractivity contribution in [1.82, 2.24) is 9.97 Å². The topological polar surface area (TPSA) is 118 Å². The van der Waals surface area contributed by atoms with Crippen LogP contribution in [0.3, 0.4) is 0 Å². The van der Waals surface area contributed by atoms with Gasteiger partial charge in [0, 0.05) is 18.3 Å². The number of nitrogens with one attached hydrogen (secondary N) is 1. The number of hydrogen-bond acceptors (Lipinski definition) is 4. The molecule has 1 aromatic heterocycles. The Morgan fingerprint density at radius 2 is 2.05 bits per heavy atom. The maximum absolute atomic E-state index is 10.4. The molecule has 0 aliphatic carbocycles. The first-order valence-electron chi connectivity index (χ1n) is 6.33. The van der Waals surface area contributed by atoms with Gasteiger partial charge in [-0.3, -0.25) is 4.79 Å². The largest absolute Gasteiger partial charge is 0.480 e. The second-order valence-electron chi connectivity index (χ2n) is 4.25. The van der Waals surface area contributed by atoms with Crippen molar-refractivity contribution in [2.24, 2.45) is 11.5 Å². The van der Waals surface area contributed by atoms with E-state index in [0.29, 0.717) is 13.0 Å². The molecule has 0 bridgehead atoms. The summed E-state index contributed by atoms with van der Waals surface area (Å²) in [5.41, 5.74) is 12.7. The van der Waals surface area contributed by atoms with Gasteiger partial charge in [0.15, 0.2) is 0 Å². The Morgan fingerprint density at radius 1 is 1.35 bits per heavy atom. The number of aromatic nitrogens is 2. The second-order valence-corrected chi connectivity index (χ2v) is 4.25. The maximum Gasteiger partial charge on any atom is 0.320 e. The number of benzene rings is 1. The van der Waals surface area contributed by atoms with Crippen LogP contribution in [0.4, 0.5) is 0 Å². The molecule has 0 fully saturated rings. The zero-order valence-electron chi connectivity index (χ0n) is 11.2. The lowest BCUT2D eigenvalue weighted by atomic mass is 10.1. The minimum Gasteiger partial charge on any atom is -0.480 e. The molecule has 6 N–H and O–H groups in total. The lowest BCUT2D eigenvalue weighted by molar-refractivity contribution is -0.138. The Hall–Kier alpha value is -2.18. The molecule has 0 radical (unpaired) electrons. The molecule has 6 heteroatoms. The fourth-order valence-electron chi connectivity index (χ4n) is 1.53. The van der Waals surface area contributed by atoms with E-state index < -0.39 is 12.0 Å². The average Bonchev–Trinajstić information content (AvgIpc) is 2.94. The molecule has 108 valence electrons. The monoisotopic (exact) mass is 276 g/mol. The van der Waals surface area contributed by atoms with Crippen LogP contribution >= 0.6 is 0 Å². The smallest absolute Gasteiger partial charge is 0.320 e. The minimum atomic E-state index is -0.959. The quantitative estimate of drug-likeness (QED) is 0.636. The van der Waals surface area contributed by atoms with E-state index in [0.717, 1.165) is 17.7 Å². The predicted molar refractivity (Wildman–Crippen MR) is 77.1 cm³/mol. The van der Waals surface area contributed by atoms with Crippen LogP contribution in [-0.4, -0.2) is 33.6 Å². The zero-order valence-corrected chi connectivity index (χ0v) is 11.2. The first kappa shape index (κ1) is 15.9. The van der Waals surface area contributed by atoms with E-state index in [4.69, 9.17) is 16.6 Å². The van der Waals surface area contributed by atoms with Crippen molar-refractivity contribution < 1.29 is 9.90 Å². The molecule has 0 saturated carbocycles. The molecule has 1 heterocycles. The maximum atomic E-state index is 10.4. The standard InChI is InChI=1S/C9H11NO2.C5H9N3/c10-8(9(11)12)6-7-4-2-1-3-5-7;6-2-1-5-3-7-4-8-5/h1-5,8H,6,10H2,(H,11,12);3-4H,1-2,6H2,(H,7,8)/t8-;/m0./s1.